The Morgan fingerprint density at radius 2 is 1.86 bits per heavy atom. The van der Waals surface area contributed by atoms with Gasteiger partial charge in [0.15, 0.2) is 11.5 Å². The minimum Gasteiger partial charge on any atom is -0.327 e. The number of rotatable bonds is 2. The quantitative estimate of drug-likeness (QED) is 0.551. The molecule has 0 radical (unpaired) electrons. The van der Waals surface area contributed by atoms with Crippen molar-refractivity contribution in [2.75, 3.05) is 5.32 Å². The smallest absolute Gasteiger partial charge is 0.226 e. The van der Waals surface area contributed by atoms with Crippen LogP contribution in [0.5, 0.6) is 0 Å². The number of nitrogens with one attached hydrogen (secondary N) is 1. The Morgan fingerprint density at radius 3 is 2.61 bits per heavy atom. The lowest BCUT2D eigenvalue weighted by Gasteiger charge is -2.04. The van der Waals surface area contributed by atoms with Crippen LogP contribution in [0.4, 0.5) is 5.69 Å². The van der Waals surface area contributed by atoms with Crippen molar-refractivity contribution in [3.8, 4) is 23.1 Å². The molecule has 138 valence electrons. The highest BCUT2D eigenvalue weighted by Gasteiger charge is 2.10. The second kappa shape index (κ2) is 7.00. The first-order valence-corrected chi connectivity index (χ1v) is 8.76. The molecular weight excluding hydrogens is 352 g/mol. The van der Waals surface area contributed by atoms with Crippen molar-refractivity contribution in [1.29, 1.82) is 0 Å². The van der Waals surface area contributed by atoms with Crippen molar-refractivity contribution in [1.82, 2.24) is 24.1 Å². The van der Waals surface area contributed by atoms with Gasteiger partial charge < -0.3 is 9.88 Å². The van der Waals surface area contributed by atoms with Gasteiger partial charge in [0.2, 0.25) is 11.7 Å². The summed E-state index contributed by atoms with van der Waals surface area (Å²) in [5.74, 6) is 6.83. The maximum absolute atomic E-state index is 11.4. The van der Waals surface area contributed by atoms with Gasteiger partial charge in [0.1, 0.15) is 0 Å². The number of hydrogen-bond acceptors (Lipinski definition) is 4. The average Bonchev–Trinajstić information content (AvgIpc) is 3.27. The van der Waals surface area contributed by atoms with E-state index in [1.54, 1.807) is 4.52 Å². The van der Waals surface area contributed by atoms with Crippen LogP contribution in [0.2, 0.25) is 0 Å². The van der Waals surface area contributed by atoms with Crippen molar-refractivity contribution in [3.05, 3.63) is 66.0 Å². The summed E-state index contributed by atoms with van der Waals surface area (Å²) in [6, 6.07) is 13.6. The molecule has 0 aliphatic heterocycles. The van der Waals surface area contributed by atoms with Gasteiger partial charge in [-0.05, 0) is 30.9 Å². The maximum atomic E-state index is 11.4. The molecule has 0 atom stereocenters. The van der Waals surface area contributed by atoms with Gasteiger partial charge in [-0.25, -0.2) is 9.50 Å². The molecule has 0 fully saturated rings. The van der Waals surface area contributed by atoms with E-state index in [9.17, 15) is 4.79 Å². The summed E-state index contributed by atoms with van der Waals surface area (Å²) < 4.78 is 3.54. The normalized spacial score (nSPS) is 10.5. The Labute approximate surface area is 162 Å². The van der Waals surface area contributed by atoms with Gasteiger partial charge in [-0.2, -0.15) is 4.98 Å². The second-order valence-electron chi connectivity index (χ2n) is 6.42. The molecule has 0 aliphatic carbocycles. The molecule has 1 amide bonds. The molecule has 7 heteroatoms. The summed E-state index contributed by atoms with van der Waals surface area (Å²) in [4.78, 5) is 20.5. The Hall–Kier alpha value is -3.92. The maximum Gasteiger partial charge on any atom is 0.226 e. The molecule has 0 spiro atoms. The van der Waals surface area contributed by atoms with Crippen LogP contribution < -0.4 is 5.32 Å². The Bertz CT molecular complexity index is 1240. The largest absolute Gasteiger partial charge is 0.327 e. The number of carbonyl (C=O) groups excluding carboxylic acids is 1. The van der Waals surface area contributed by atoms with Crippen LogP contribution >= 0.6 is 0 Å². The predicted octanol–water partition coefficient (Wildman–Crippen LogP) is 2.80. The van der Waals surface area contributed by atoms with Gasteiger partial charge >= 0.3 is 0 Å². The highest BCUT2D eigenvalue weighted by molar-refractivity contribution is 5.92. The minimum atomic E-state index is -0.164. The Morgan fingerprint density at radius 1 is 1.07 bits per heavy atom. The fraction of sp³-hybridized carbons (Fsp3) is 0.143. The van der Waals surface area contributed by atoms with E-state index in [2.05, 4.69) is 32.2 Å². The molecular formula is C21H18N6O. The number of anilines is 1. The van der Waals surface area contributed by atoms with E-state index in [4.69, 9.17) is 0 Å². The summed E-state index contributed by atoms with van der Waals surface area (Å²) in [5, 5.41) is 7.20. The number of hydrogen-bond donors (Lipinski definition) is 1. The van der Waals surface area contributed by atoms with Crippen LogP contribution in [0.3, 0.4) is 0 Å². The van der Waals surface area contributed by atoms with Crippen molar-refractivity contribution >= 4 is 17.2 Å². The van der Waals surface area contributed by atoms with E-state index >= 15 is 0 Å². The Balaban J connectivity index is 1.70. The highest BCUT2D eigenvalue weighted by atomic mass is 16.1. The molecule has 0 saturated heterocycles. The molecule has 3 heterocycles. The SMILES string of the molecule is CC(=O)Nc1ccc(C)n2nc(C#Cc3nc(-c4ccccc4)cn3C)nc12. The number of nitrogens with zero attached hydrogens (tertiary/aromatic N) is 5. The van der Waals surface area contributed by atoms with Crippen molar-refractivity contribution in [2.24, 2.45) is 7.05 Å². The molecule has 7 nitrogen and oxygen atoms in total. The summed E-state index contributed by atoms with van der Waals surface area (Å²) >= 11 is 0. The number of imidazole rings is 1. The number of amides is 1. The molecule has 4 rings (SSSR count). The third kappa shape index (κ3) is 3.35. The van der Waals surface area contributed by atoms with Gasteiger partial charge in [0.05, 0.1) is 11.4 Å². The number of benzene rings is 1. The monoisotopic (exact) mass is 370 g/mol. The summed E-state index contributed by atoms with van der Waals surface area (Å²) in [6.07, 6.45) is 1.94. The molecule has 3 aromatic heterocycles. The van der Waals surface area contributed by atoms with Gasteiger partial charge in [-0.15, -0.1) is 5.10 Å². The average molecular weight is 370 g/mol. The Kier molecular flexibility index (Phi) is 4.38. The van der Waals surface area contributed by atoms with E-state index in [0.717, 1.165) is 17.0 Å². The van der Waals surface area contributed by atoms with E-state index in [1.807, 2.05) is 67.2 Å². The molecule has 0 unspecified atom stereocenters. The zero-order valence-electron chi connectivity index (χ0n) is 15.8. The van der Waals surface area contributed by atoms with Crippen LogP contribution in [-0.2, 0) is 11.8 Å². The highest BCUT2D eigenvalue weighted by Crippen LogP contribution is 2.18. The topological polar surface area (TPSA) is 77.1 Å². The lowest BCUT2D eigenvalue weighted by Crippen LogP contribution is -2.08. The number of pyridine rings is 1. The first-order chi connectivity index (χ1) is 13.5. The fourth-order valence-corrected chi connectivity index (χ4v) is 2.86. The summed E-state index contributed by atoms with van der Waals surface area (Å²) in [6.45, 7) is 3.38. The number of aryl methyl sites for hydroxylation is 2. The van der Waals surface area contributed by atoms with Crippen LogP contribution in [0, 0.1) is 18.8 Å². The van der Waals surface area contributed by atoms with Crippen LogP contribution in [-0.4, -0.2) is 30.1 Å². The third-order valence-electron chi connectivity index (χ3n) is 4.22. The van der Waals surface area contributed by atoms with Crippen LogP contribution in [0.1, 0.15) is 24.3 Å². The van der Waals surface area contributed by atoms with Crippen LogP contribution in [0.25, 0.3) is 16.9 Å². The first-order valence-electron chi connectivity index (χ1n) is 8.76. The summed E-state index contributed by atoms with van der Waals surface area (Å²) in [7, 11) is 1.90. The standard InChI is InChI=1S/C21H18N6O/c1-14-9-10-17(22-15(2)28)21-24-19(25-27(14)21)11-12-20-23-18(13-26(20)3)16-7-5-4-6-8-16/h4-10,13H,1-3H3,(H,22,28). The van der Waals surface area contributed by atoms with Crippen molar-refractivity contribution in [3.63, 3.8) is 0 Å². The molecule has 0 aliphatic rings. The van der Waals surface area contributed by atoms with Gasteiger partial charge in [-0.3, -0.25) is 4.79 Å². The van der Waals surface area contributed by atoms with E-state index in [-0.39, 0.29) is 5.91 Å². The molecule has 1 aromatic carbocycles. The molecule has 0 bridgehead atoms. The van der Waals surface area contributed by atoms with E-state index < -0.39 is 0 Å². The minimum absolute atomic E-state index is 0.164. The molecule has 28 heavy (non-hydrogen) atoms. The van der Waals surface area contributed by atoms with Gasteiger partial charge in [0.25, 0.3) is 0 Å². The van der Waals surface area contributed by atoms with Gasteiger partial charge in [-0.1, -0.05) is 30.3 Å². The van der Waals surface area contributed by atoms with Gasteiger partial charge in [0, 0.05) is 31.4 Å². The number of carbonyl (C=O) groups is 1. The fourth-order valence-electron chi connectivity index (χ4n) is 2.86. The molecule has 1 N–H and O–H groups in total. The zero-order valence-corrected chi connectivity index (χ0v) is 15.8. The second-order valence-corrected chi connectivity index (χ2v) is 6.42. The predicted molar refractivity (Wildman–Crippen MR) is 107 cm³/mol. The first kappa shape index (κ1) is 17.5. The zero-order chi connectivity index (χ0) is 19.7. The number of fused-ring (bicyclic) bond motifs is 1. The lowest BCUT2D eigenvalue weighted by molar-refractivity contribution is -0.114. The van der Waals surface area contributed by atoms with E-state index in [1.165, 1.54) is 6.92 Å². The van der Waals surface area contributed by atoms with E-state index in [0.29, 0.717) is 23.0 Å². The number of aromatic nitrogens is 5. The van der Waals surface area contributed by atoms with Crippen LogP contribution in [0.15, 0.2) is 48.7 Å². The molecule has 4 aromatic rings. The van der Waals surface area contributed by atoms with Crippen molar-refractivity contribution in [2.45, 2.75) is 13.8 Å². The molecule has 0 saturated carbocycles. The summed E-state index contributed by atoms with van der Waals surface area (Å²) in [5.41, 5.74) is 3.95. The lowest BCUT2D eigenvalue weighted by atomic mass is 10.2. The third-order valence-corrected chi connectivity index (χ3v) is 4.22. The van der Waals surface area contributed by atoms with Crippen molar-refractivity contribution < 1.29 is 4.79 Å².